The Kier molecular flexibility index (Phi) is 2.10. The minimum atomic E-state index is -0.270. The molecule has 12 heavy (non-hydrogen) atoms. The van der Waals surface area contributed by atoms with E-state index in [-0.39, 0.29) is 6.10 Å². The number of hydroxylamine groups is 2. The Labute approximate surface area is 73.3 Å². The molecule has 2 fully saturated rings. The first kappa shape index (κ1) is 8.48. The molecule has 0 aromatic carbocycles. The number of aliphatic hydroxyl groups excluding tert-OH is 1. The first-order valence-corrected chi connectivity index (χ1v) is 4.74. The van der Waals surface area contributed by atoms with Crippen molar-refractivity contribution in [2.45, 2.75) is 32.3 Å². The lowest BCUT2D eigenvalue weighted by atomic mass is 9.70. The van der Waals surface area contributed by atoms with E-state index in [4.69, 9.17) is 4.84 Å². The first-order valence-electron chi connectivity index (χ1n) is 4.74. The minimum absolute atomic E-state index is 0.270. The van der Waals surface area contributed by atoms with Crippen LogP contribution in [0.15, 0.2) is 0 Å². The monoisotopic (exact) mass is 171 g/mol. The molecule has 3 heteroatoms. The minimum Gasteiger partial charge on any atom is -0.389 e. The third kappa shape index (κ3) is 1.63. The third-order valence-electron chi connectivity index (χ3n) is 2.98. The molecule has 1 N–H and O–H groups in total. The van der Waals surface area contributed by atoms with E-state index < -0.39 is 0 Å². The maximum Gasteiger partial charge on any atom is 0.0958 e. The van der Waals surface area contributed by atoms with Crippen LogP contribution in [0.1, 0.15) is 26.2 Å². The molecule has 1 atom stereocenters. The molecule has 1 saturated heterocycles. The van der Waals surface area contributed by atoms with E-state index >= 15 is 0 Å². The maximum absolute atomic E-state index is 9.22. The van der Waals surface area contributed by atoms with Gasteiger partial charge in [0.05, 0.1) is 19.3 Å². The first-order chi connectivity index (χ1) is 5.68. The van der Waals surface area contributed by atoms with Gasteiger partial charge in [0.15, 0.2) is 0 Å². The average Bonchev–Trinajstić information content (AvgIpc) is 2.32. The van der Waals surface area contributed by atoms with Crippen LogP contribution in [0.5, 0.6) is 0 Å². The molecule has 1 aliphatic heterocycles. The van der Waals surface area contributed by atoms with Crippen LogP contribution >= 0.6 is 0 Å². The van der Waals surface area contributed by atoms with Gasteiger partial charge >= 0.3 is 0 Å². The van der Waals surface area contributed by atoms with E-state index in [9.17, 15) is 5.11 Å². The summed E-state index contributed by atoms with van der Waals surface area (Å²) in [5.74, 6) is 0. The molecule has 0 bridgehead atoms. The summed E-state index contributed by atoms with van der Waals surface area (Å²) in [4.78, 5) is 5.32. The summed E-state index contributed by atoms with van der Waals surface area (Å²) in [5, 5.41) is 11.1. The number of aliphatic hydroxyl groups is 1. The van der Waals surface area contributed by atoms with E-state index in [1.165, 1.54) is 19.3 Å². The van der Waals surface area contributed by atoms with Gasteiger partial charge in [0.25, 0.3) is 0 Å². The molecule has 1 aliphatic carbocycles. The summed E-state index contributed by atoms with van der Waals surface area (Å²) in [7, 11) is 0. The highest BCUT2D eigenvalue weighted by molar-refractivity contribution is 4.86. The third-order valence-corrected chi connectivity index (χ3v) is 2.98. The van der Waals surface area contributed by atoms with Gasteiger partial charge in [-0.1, -0.05) is 13.3 Å². The van der Waals surface area contributed by atoms with Crippen molar-refractivity contribution in [1.29, 1.82) is 0 Å². The molecule has 0 spiro atoms. The van der Waals surface area contributed by atoms with Crippen LogP contribution < -0.4 is 0 Å². The molecule has 2 rings (SSSR count). The predicted octanol–water partition coefficient (Wildman–Crippen LogP) is 0.785. The standard InChI is InChI=1S/C9H17NO2/c1-9(3-2-4-9)7-10-5-8(11)6-12-10/h8,11H,2-7H2,1H3. The van der Waals surface area contributed by atoms with Crippen molar-refractivity contribution in [3.8, 4) is 0 Å². The van der Waals surface area contributed by atoms with Crippen molar-refractivity contribution >= 4 is 0 Å². The Morgan fingerprint density at radius 3 is 2.75 bits per heavy atom. The second kappa shape index (κ2) is 2.98. The van der Waals surface area contributed by atoms with Gasteiger partial charge in [-0.25, -0.2) is 0 Å². The molecule has 1 saturated carbocycles. The van der Waals surface area contributed by atoms with Gasteiger partial charge in [0.1, 0.15) is 0 Å². The van der Waals surface area contributed by atoms with Gasteiger partial charge in [-0.15, -0.1) is 0 Å². The van der Waals surface area contributed by atoms with Crippen LogP contribution in [-0.4, -0.2) is 36.0 Å². The molecule has 0 aromatic heterocycles. The number of nitrogens with zero attached hydrogens (tertiary/aromatic N) is 1. The highest BCUT2D eigenvalue weighted by Gasteiger charge is 2.36. The number of rotatable bonds is 2. The molecule has 1 unspecified atom stereocenters. The molecule has 1 heterocycles. The Bertz CT molecular complexity index is 168. The van der Waals surface area contributed by atoms with Gasteiger partial charge in [-0.2, -0.15) is 5.06 Å². The van der Waals surface area contributed by atoms with E-state index in [1.807, 2.05) is 5.06 Å². The van der Waals surface area contributed by atoms with Crippen LogP contribution in [0.2, 0.25) is 0 Å². The van der Waals surface area contributed by atoms with Crippen molar-refractivity contribution in [1.82, 2.24) is 5.06 Å². The van der Waals surface area contributed by atoms with Crippen molar-refractivity contribution in [2.24, 2.45) is 5.41 Å². The zero-order valence-electron chi connectivity index (χ0n) is 7.62. The lowest BCUT2D eigenvalue weighted by Gasteiger charge is -2.40. The zero-order chi connectivity index (χ0) is 8.60. The van der Waals surface area contributed by atoms with Crippen LogP contribution in [0.3, 0.4) is 0 Å². The zero-order valence-corrected chi connectivity index (χ0v) is 7.62. The molecule has 0 aromatic rings. The van der Waals surface area contributed by atoms with E-state index in [2.05, 4.69) is 6.92 Å². The molecular formula is C9H17NO2. The van der Waals surface area contributed by atoms with Crippen LogP contribution in [0.25, 0.3) is 0 Å². The topological polar surface area (TPSA) is 32.7 Å². The summed E-state index contributed by atoms with van der Waals surface area (Å²) in [5.41, 5.74) is 0.462. The average molecular weight is 171 g/mol. The summed E-state index contributed by atoms with van der Waals surface area (Å²) < 4.78 is 0. The van der Waals surface area contributed by atoms with Crippen LogP contribution in [0, 0.1) is 5.41 Å². The number of β-amino-alcohol motifs (C(OH)–C–C–N with tert-alkyl or cyclic N) is 1. The Hall–Kier alpha value is -0.120. The van der Waals surface area contributed by atoms with Gasteiger partial charge in [-0.05, 0) is 18.3 Å². The summed E-state index contributed by atoms with van der Waals surface area (Å²) in [6, 6.07) is 0. The summed E-state index contributed by atoms with van der Waals surface area (Å²) in [6.07, 6.45) is 3.70. The second-order valence-electron chi connectivity index (χ2n) is 4.44. The van der Waals surface area contributed by atoms with Gasteiger partial charge in [0, 0.05) is 6.54 Å². The maximum atomic E-state index is 9.22. The molecule has 70 valence electrons. The Morgan fingerprint density at radius 1 is 1.58 bits per heavy atom. The van der Waals surface area contributed by atoms with E-state index in [0.29, 0.717) is 18.6 Å². The lowest BCUT2D eigenvalue weighted by Crippen LogP contribution is -2.38. The predicted molar refractivity (Wildman–Crippen MR) is 45.5 cm³/mol. The van der Waals surface area contributed by atoms with Gasteiger partial charge in [0.2, 0.25) is 0 Å². The summed E-state index contributed by atoms with van der Waals surface area (Å²) in [6.45, 7) is 4.46. The fourth-order valence-electron chi connectivity index (χ4n) is 2.01. The molecule has 0 radical (unpaired) electrons. The molecule has 0 amide bonds. The quantitative estimate of drug-likeness (QED) is 0.666. The molecular weight excluding hydrogens is 154 g/mol. The number of hydrogen-bond acceptors (Lipinski definition) is 3. The largest absolute Gasteiger partial charge is 0.389 e. The van der Waals surface area contributed by atoms with Crippen LogP contribution in [0.4, 0.5) is 0 Å². The van der Waals surface area contributed by atoms with Gasteiger partial charge < -0.3 is 5.11 Å². The fourth-order valence-corrected chi connectivity index (χ4v) is 2.01. The summed E-state index contributed by atoms with van der Waals surface area (Å²) >= 11 is 0. The van der Waals surface area contributed by atoms with Crippen molar-refractivity contribution in [2.75, 3.05) is 19.7 Å². The van der Waals surface area contributed by atoms with Crippen molar-refractivity contribution in [3.05, 3.63) is 0 Å². The van der Waals surface area contributed by atoms with Gasteiger partial charge in [-0.3, -0.25) is 4.84 Å². The highest BCUT2D eigenvalue weighted by atomic mass is 16.7. The van der Waals surface area contributed by atoms with E-state index in [0.717, 1.165) is 6.54 Å². The molecule has 3 nitrogen and oxygen atoms in total. The van der Waals surface area contributed by atoms with Crippen molar-refractivity contribution in [3.63, 3.8) is 0 Å². The molecule has 2 aliphatic rings. The van der Waals surface area contributed by atoms with E-state index in [1.54, 1.807) is 0 Å². The Morgan fingerprint density at radius 2 is 2.33 bits per heavy atom. The smallest absolute Gasteiger partial charge is 0.0958 e. The number of hydrogen-bond donors (Lipinski definition) is 1. The Balaban J connectivity index is 1.79. The fraction of sp³-hybridized carbons (Fsp3) is 1.00. The lowest BCUT2D eigenvalue weighted by molar-refractivity contribution is -0.140. The SMILES string of the molecule is CC1(CN2CC(O)CO2)CCC1. The van der Waals surface area contributed by atoms with Crippen LogP contribution in [-0.2, 0) is 4.84 Å². The highest BCUT2D eigenvalue weighted by Crippen LogP contribution is 2.41. The van der Waals surface area contributed by atoms with Crippen molar-refractivity contribution < 1.29 is 9.94 Å². The second-order valence-corrected chi connectivity index (χ2v) is 4.44. The normalized spacial score (nSPS) is 35.0.